The minimum atomic E-state index is -0.339. The summed E-state index contributed by atoms with van der Waals surface area (Å²) in [6, 6.07) is 16.1. The second-order valence-electron chi connectivity index (χ2n) is 5.43. The van der Waals surface area contributed by atoms with Crippen molar-refractivity contribution in [3.05, 3.63) is 71.3 Å². The zero-order valence-corrected chi connectivity index (χ0v) is 13.0. The van der Waals surface area contributed by atoms with E-state index in [1.165, 1.54) is 12.3 Å². The Hall–Kier alpha value is -3.34. The van der Waals surface area contributed by atoms with Gasteiger partial charge in [-0.1, -0.05) is 36.4 Å². The maximum absolute atomic E-state index is 12.3. The molecule has 0 aliphatic rings. The van der Waals surface area contributed by atoms with E-state index in [0.29, 0.717) is 11.1 Å². The summed E-state index contributed by atoms with van der Waals surface area (Å²) in [4.78, 5) is 12.3. The lowest BCUT2D eigenvalue weighted by molar-refractivity contribution is 0.0954. The molecule has 3 N–H and O–H groups in total. The third kappa shape index (κ3) is 3.05. The van der Waals surface area contributed by atoms with Crippen LogP contribution in [0.4, 0.5) is 0 Å². The van der Waals surface area contributed by atoms with E-state index in [1.807, 2.05) is 43.3 Å². The molecular weight excluding hydrogens is 304 g/mol. The molecule has 0 spiro atoms. The Morgan fingerprint density at radius 2 is 1.75 bits per heavy atom. The fourth-order valence-corrected chi connectivity index (χ4v) is 2.47. The number of fused-ring (bicyclic) bond motifs is 1. The fraction of sp³-hybridized carbons (Fsp3) is 0.0526. The molecule has 120 valence electrons. The van der Waals surface area contributed by atoms with Crippen molar-refractivity contribution < 1.29 is 15.0 Å². The van der Waals surface area contributed by atoms with Crippen LogP contribution in [-0.2, 0) is 0 Å². The minimum absolute atomic E-state index is 0.240. The highest BCUT2D eigenvalue weighted by Gasteiger charge is 2.10. The summed E-state index contributed by atoms with van der Waals surface area (Å²) >= 11 is 0. The van der Waals surface area contributed by atoms with Crippen LogP contribution in [0.15, 0.2) is 59.7 Å². The van der Waals surface area contributed by atoms with Gasteiger partial charge in [0.15, 0.2) is 11.5 Å². The summed E-state index contributed by atoms with van der Waals surface area (Å²) < 4.78 is 0. The average molecular weight is 320 g/mol. The van der Waals surface area contributed by atoms with E-state index in [4.69, 9.17) is 0 Å². The zero-order valence-electron chi connectivity index (χ0n) is 13.0. The van der Waals surface area contributed by atoms with Crippen LogP contribution < -0.4 is 5.43 Å². The number of aromatic hydroxyl groups is 2. The first-order valence-corrected chi connectivity index (χ1v) is 7.40. The number of rotatable bonds is 3. The molecule has 1 amide bonds. The van der Waals surface area contributed by atoms with Crippen LogP contribution in [0.5, 0.6) is 11.5 Å². The smallest absolute Gasteiger partial charge is 0.271 e. The van der Waals surface area contributed by atoms with Crippen molar-refractivity contribution in [3.8, 4) is 11.5 Å². The lowest BCUT2D eigenvalue weighted by Crippen LogP contribution is -2.18. The number of nitrogens with one attached hydrogen (secondary N) is 1. The van der Waals surface area contributed by atoms with Gasteiger partial charge in [-0.3, -0.25) is 4.79 Å². The normalized spacial score (nSPS) is 11.0. The SMILES string of the molecule is Cc1cc2ccccc2cc1C(=O)N/N=C/c1cccc(O)c1O. The van der Waals surface area contributed by atoms with Gasteiger partial charge in [-0.25, -0.2) is 5.43 Å². The summed E-state index contributed by atoms with van der Waals surface area (Å²) in [6.07, 6.45) is 1.28. The van der Waals surface area contributed by atoms with Crippen molar-refractivity contribution in [1.29, 1.82) is 0 Å². The number of carbonyl (C=O) groups is 1. The van der Waals surface area contributed by atoms with E-state index < -0.39 is 0 Å². The van der Waals surface area contributed by atoms with Crippen molar-refractivity contribution >= 4 is 22.9 Å². The molecule has 5 heteroatoms. The number of hydrazone groups is 1. The minimum Gasteiger partial charge on any atom is -0.504 e. The van der Waals surface area contributed by atoms with E-state index >= 15 is 0 Å². The van der Waals surface area contributed by atoms with Gasteiger partial charge >= 0.3 is 0 Å². The van der Waals surface area contributed by atoms with Gasteiger partial charge < -0.3 is 10.2 Å². The molecule has 0 bridgehead atoms. The van der Waals surface area contributed by atoms with Crippen LogP contribution in [0.1, 0.15) is 21.5 Å². The molecule has 0 saturated heterocycles. The maximum Gasteiger partial charge on any atom is 0.271 e. The number of carbonyl (C=O) groups excluding carboxylic acids is 1. The summed E-state index contributed by atoms with van der Waals surface area (Å²) in [6.45, 7) is 1.87. The third-order valence-electron chi connectivity index (χ3n) is 3.75. The molecule has 0 atom stereocenters. The molecule has 3 aromatic carbocycles. The largest absolute Gasteiger partial charge is 0.504 e. The molecule has 0 saturated carbocycles. The third-order valence-corrected chi connectivity index (χ3v) is 3.75. The number of benzene rings is 3. The maximum atomic E-state index is 12.3. The molecule has 0 fully saturated rings. The molecule has 5 nitrogen and oxygen atoms in total. The van der Waals surface area contributed by atoms with E-state index in [0.717, 1.165) is 16.3 Å². The molecular formula is C19H16N2O3. The molecule has 0 aromatic heterocycles. The second-order valence-corrected chi connectivity index (χ2v) is 5.43. The van der Waals surface area contributed by atoms with Gasteiger partial charge in [-0.15, -0.1) is 0 Å². The quantitative estimate of drug-likeness (QED) is 0.393. The Kier molecular flexibility index (Phi) is 4.16. The molecule has 3 rings (SSSR count). The average Bonchev–Trinajstić information content (AvgIpc) is 2.58. The van der Waals surface area contributed by atoms with E-state index in [1.54, 1.807) is 12.1 Å². The molecule has 0 aliphatic heterocycles. The van der Waals surface area contributed by atoms with Crippen LogP contribution in [0.2, 0.25) is 0 Å². The number of aryl methyl sites for hydroxylation is 1. The lowest BCUT2D eigenvalue weighted by atomic mass is 10.0. The highest BCUT2D eigenvalue weighted by atomic mass is 16.3. The van der Waals surface area contributed by atoms with E-state index in [-0.39, 0.29) is 17.4 Å². The van der Waals surface area contributed by atoms with Gasteiger partial charge in [-0.2, -0.15) is 5.10 Å². The predicted molar refractivity (Wildman–Crippen MR) is 93.5 cm³/mol. The summed E-state index contributed by atoms with van der Waals surface area (Å²) in [5, 5.41) is 25.0. The number of phenols is 2. The van der Waals surface area contributed by atoms with Crippen LogP contribution in [-0.4, -0.2) is 22.3 Å². The molecule has 0 heterocycles. The van der Waals surface area contributed by atoms with Crippen molar-refractivity contribution in [2.45, 2.75) is 6.92 Å². The van der Waals surface area contributed by atoms with Gasteiger partial charge in [0.1, 0.15) is 0 Å². The van der Waals surface area contributed by atoms with Crippen LogP contribution >= 0.6 is 0 Å². The highest BCUT2D eigenvalue weighted by molar-refractivity contribution is 6.00. The molecule has 0 aliphatic carbocycles. The van der Waals surface area contributed by atoms with Gasteiger partial charge in [0.25, 0.3) is 5.91 Å². The summed E-state index contributed by atoms with van der Waals surface area (Å²) in [7, 11) is 0. The number of amides is 1. The fourth-order valence-electron chi connectivity index (χ4n) is 2.47. The monoisotopic (exact) mass is 320 g/mol. The van der Waals surface area contributed by atoms with Gasteiger partial charge in [0.05, 0.1) is 6.21 Å². The first kappa shape index (κ1) is 15.6. The zero-order chi connectivity index (χ0) is 17.1. The van der Waals surface area contributed by atoms with Crippen LogP contribution in [0.25, 0.3) is 10.8 Å². The Morgan fingerprint density at radius 3 is 2.50 bits per heavy atom. The lowest BCUT2D eigenvalue weighted by Gasteiger charge is -2.07. The Balaban J connectivity index is 1.81. The van der Waals surface area contributed by atoms with Gasteiger partial charge in [-0.05, 0) is 41.5 Å². The van der Waals surface area contributed by atoms with Gasteiger partial charge in [0, 0.05) is 11.1 Å². The predicted octanol–water partition coefficient (Wildman–Crippen LogP) is 3.32. The van der Waals surface area contributed by atoms with E-state index in [2.05, 4.69) is 10.5 Å². The molecule has 0 radical (unpaired) electrons. The molecule has 0 unspecified atom stereocenters. The Morgan fingerprint density at radius 1 is 1.04 bits per heavy atom. The van der Waals surface area contributed by atoms with Crippen molar-refractivity contribution in [3.63, 3.8) is 0 Å². The number of phenolic OH excluding ortho intramolecular Hbond substituents is 2. The van der Waals surface area contributed by atoms with E-state index in [9.17, 15) is 15.0 Å². The van der Waals surface area contributed by atoms with Crippen LogP contribution in [0, 0.1) is 6.92 Å². The van der Waals surface area contributed by atoms with Crippen molar-refractivity contribution in [2.75, 3.05) is 0 Å². The Bertz CT molecular complexity index is 948. The first-order chi connectivity index (χ1) is 11.6. The summed E-state index contributed by atoms with van der Waals surface area (Å²) in [5.74, 6) is -0.859. The van der Waals surface area contributed by atoms with Crippen LogP contribution in [0.3, 0.4) is 0 Å². The number of nitrogens with zero attached hydrogens (tertiary/aromatic N) is 1. The molecule has 24 heavy (non-hydrogen) atoms. The van der Waals surface area contributed by atoms with Gasteiger partial charge in [0.2, 0.25) is 0 Å². The second kappa shape index (κ2) is 6.42. The van der Waals surface area contributed by atoms with Crippen molar-refractivity contribution in [2.24, 2.45) is 5.10 Å². The number of hydrogen-bond acceptors (Lipinski definition) is 4. The first-order valence-electron chi connectivity index (χ1n) is 7.40. The standard InChI is InChI=1S/C19H16N2O3/c1-12-9-13-5-2-3-6-14(13)10-16(12)19(24)21-20-11-15-7-4-8-17(22)18(15)23/h2-11,22-23H,1H3,(H,21,24)/b20-11+. The number of hydrogen-bond donors (Lipinski definition) is 3. The summed E-state index contributed by atoms with van der Waals surface area (Å²) in [5.41, 5.74) is 4.13. The number of para-hydroxylation sites is 1. The van der Waals surface area contributed by atoms with Crippen molar-refractivity contribution in [1.82, 2.24) is 5.43 Å². The highest BCUT2D eigenvalue weighted by Crippen LogP contribution is 2.26. The topological polar surface area (TPSA) is 81.9 Å². The molecule has 3 aromatic rings. The Labute approximate surface area is 138 Å².